The van der Waals surface area contributed by atoms with Crippen molar-refractivity contribution in [2.45, 2.75) is 49.6 Å². The van der Waals surface area contributed by atoms with Crippen LogP contribution in [-0.4, -0.2) is 55.1 Å². The topological polar surface area (TPSA) is 111 Å². The predicted octanol–water partition coefficient (Wildman–Crippen LogP) is 3.41. The first-order chi connectivity index (χ1) is 17.1. The number of fused-ring (bicyclic) bond motifs is 1. The molecule has 35 heavy (non-hydrogen) atoms. The Hall–Kier alpha value is -3.60. The van der Waals surface area contributed by atoms with Gasteiger partial charge in [0.15, 0.2) is 22.5 Å². The molecule has 0 spiro atoms. The molecule has 4 heterocycles. The van der Waals surface area contributed by atoms with E-state index in [2.05, 4.69) is 20.5 Å². The largest absolute Gasteiger partial charge is 0.454 e. The van der Waals surface area contributed by atoms with Crippen molar-refractivity contribution >= 4 is 29.3 Å². The molecule has 2 aliphatic heterocycles. The van der Waals surface area contributed by atoms with Gasteiger partial charge in [0, 0.05) is 30.9 Å². The summed E-state index contributed by atoms with van der Waals surface area (Å²) in [6.07, 6.45) is 6.92. The van der Waals surface area contributed by atoms with E-state index in [1.165, 1.54) is 11.8 Å². The van der Waals surface area contributed by atoms with E-state index in [9.17, 15) is 9.59 Å². The Labute approximate surface area is 207 Å². The lowest BCUT2D eigenvalue weighted by molar-refractivity contribution is -0.131. The molecule has 1 aromatic carbocycles. The van der Waals surface area contributed by atoms with Crippen molar-refractivity contribution in [3.63, 3.8) is 0 Å². The van der Waals surface area contributed by atoms with Gasteiger partial charge in [-0.2, -0.15) is 0 Å². The molecule has 2 aliphatic rings. The summed E-state index contributed by atoms with van der Waals surface area (Å²) in [5.74, 6) is 1.85. The van der Waals surface area contributed by atoms with Crippen LogP contribution >= 0.6 is 11.8 Å². The number of anilines is 1. The summed E-state index contributed by atoms with van der Waals surface area (Å²) in [4.78, 5) is 31.6. The van der Waals surface area contributed by atoms with Crippen LogP contribution < -0.4 is 14.8 Å². The van der Waals surface area contributed by atoms with Gasteiger partial charge >= 0.3 is 0 Å². The fraction of sp³-hybridized carbons (Fsp3) is 0.375. The number of nitrogens with one attached hydrogen (secondary N) is 1. The second-order valence-corrected chi connectivity index (χ2v) is 9.70. The van der Waals surface area contributed by atoms with Crippen LogP contribution in [0.25, 0.3) is 5.69 Å². The van der Waals surface area contributed by atoms with Crippen LogP contribution in [0.15, 0.2) is 47.9 Å². The highest BCUT2D eigenvalue weighted by molar-refractivity contribution is 8.00. The number of likely N-dealkylation sites (tertiary alicyclic amines) is 1. The molecule has 2 aromatic heterocycles. The molecule has 5 rings (SSSR count). The zero-order chi connectivity index (χ0) is 24.2. The summed E-state index contributed by atoms with van der Waals surface area (Å²) >= 11 is 1.30. The van der Waals surface area contributed by atoms with Crippen LogP contribution in [0.3, 0.4) is 0 Å². The maximum Gasteiger partial charge on any atom is 0.237 e. The van der Waals surface area contributed by atoms with Gasteiger partial charge in [0.25, 0.3) is 0 Å². The number of aromatic nitrogens is 4. The lowest BCUT2D eigenvalue weighted by atomic mass is 10.2. The van der Waals surface area contributed by atoms with Crippen LogP contribution in [0.5, 0.6) is 11.5 Å². The third-order valence-electron chi connectivity index (χ3n) is 5.90. The van der Waals surface area contributed by atoms with E-state index in [0.29, 0.717) is 47.7 Å². The number of pyridine rings is 1. The fourth-order valence-electron chi connectivity index (χ4n) is 4.03. The number of rotatable bonds is 7. The molecular formula is C24H26N6O4S. The van der Waals surface area contributed by atoms with E-state index in [-0.39, 0.29) is 18.6 Å². The molecular weight excluding hydrogens is 468 g/mol. The van der Waals surface area contributed by atoms with Crippen molar-refractivity contribution in [3.8, 4) is 17.2 Å². The molecule has 1 atom stereocenters. The van der Waals surface area contributed by atoms with E-state index < -0.39 is 5.25 Å². The number of carbonyl (C=O) groups excluding carboxylic acids is 2. The lowest BCUT2D eigenvalue weighted by Crippen LogP contribution is -2.31. The van der Waals surface area contributed by atoms with Crippen molar-refractivity contribution in [2.24, 2.45) is 0 Å². The van der Waals surface area contributed by atoms with Crippen molar-refractivity contribution < 1.29 is 19.1 Å². The number of thioether (sulfide) groups is 1. The van der Waals surface area contributed by atoms with E-state index in [1.807, 2.05) is 28.5 Å². The summed E-state index contributed by atoms with van der Waals surface area (Å²) in [7, 11) is 0. The minimum absolute atomic E-state index is 0.133. The van der Waals surface area contributed by atoms with Gasteiger partial charge < -0.3 is 19.7 Å². The molecule has 1 saturated heterocycles. The molecule has 2 amide bonds. The average molecular weight is 495 g/mol. The molecule has 0 unspecified atom stereocenters. The number of ether oxygens (including phenoxy) is 2. The standard InChI is InChI=1S/C24H26N6O4S/c1-16(23(32)26-17-8-9-19-20(12-17)34-15-33-19)35-24-28-27-21(30(24)18-6-5-10-25-13-18)14-29-11-4-2-3-7-22(29)31/h5-6,8-10,12-13,16H,2-4,7,11,14-15H2,1H3,(H,26,32)/t16-/m0/s1. The van der Waals surface area contributed by atoms with Gasteiger partial charge in [-0.05, 0) is 44.0 Å². The first-order valence-corrected chi connectivity index (χ1v) is 12.5. The Morgan fingerprint density at radius 1 is 1.17 bits per heavy atom. The van der Waals surface area contributed by atoms with Crippen LogP contribution in [0.2, 0.25) is 0 Å². The van der Waals surface area contributed by atoms with Gasteiger partial charge in [0.05, 0.1) is 23.7 Å². The predicted molar refractivity (Wildman–Crippen MR) is 130 cm³/mol. The number of amides is 2. The molecule has 1 N–H and O–H groups in total. The van der Waals surface area contributed by atoms with Gasteiger partial charge in [0.1, 0.15) is 0 Å². The zero-order valence-electron chi connectivity index (χ0n) is 19.3. The molecule has 10 nitrogen and oxygen atoms in total. The summed E-state index contributed by atoms with van der Waals surface area (Å²) in [5.41, 5.74) is 1.40. The maximum absolute atomic E-state index is 12.9. The van der Waals surface area contributed by atoms with Crippen molar-refractivity contribution in [2.75, 3.05) is 18.7 Å². The average Bonchev–Trinajstić information content (AvgIpc) is 3.44. The van der Waals surface area contributed by atoms with E-state index in [4.69, 9.17) is 9.47 Å². The van der Waals surface area contributed by atoms with Crippen LogP contribution in [0.1, 0.15) is 38.4 Å². The summed E-state index contributed by atoms with van der Waals surface area (Å²) in [6.45, 7) is 3.05. The molecule has 0 aliphatic carbocycles. The third kappa shape index (κ3) is 5.24. The van der Waals surface area contributed by atoms with Gasteiger partial charge in [-0.3, -0.25) is 19.1 Å². The number of hydrogen-bond acceptors (Lipinski definition) is 8. The summed E-state index contributed by atoms with van der Waals surface area (Å²) < 4.78 is 12.6. The van der Waals surface area contributed by atoms with Crippen LogP contribution in [0.4, 0.5) is 5.69 Å². The molecule has 3 aromatic rings. The molecule has 0 saturated carbocycles. The van der Waals surface area contributed by atoms with Gasteiger partial charge in [0.2, 0.25) is 18.6 Å². The molecule has 1 fully saturated rings. The number of hydrogen-bond donors (Lipinski definition) is 1. The fourth-order valence-corrected chi connectivity index (χ4v) is 4.92. The monoisotopic (exact) mass is 494 g/mol. The summed E-state index contributed by atoms with van der Waals surface area (Å²) in [6, 6.07) is 9.03. The molecule has 182 valence electrons. The number of nitrogens with zero attached hydrogens (tertiary/aromatic N) is 5. The summed E-state index contributed by atoms with van der Waals surface area (Å²) in [5, 5.41) is 11.8. The smallest absolute Gasteiger partial charge is 0.237 e. The number of benzene rings is 1. The number of carbonyl (C=O) groups is 2. The first kappa shape index (κ1) is 23.2. The highest BCUT2D eigenvalue weighted by Crippen LogP contribution is 2.34. The van der Waals surface area contributed by atoms with E-state index in [0.717, 1.165) is 24.9 Å². The Morgan fingerprint density at radius 3 is 2.91 bits per heavy atom. The van der Waals surface area contributed by atoms with Gasteiger partial charge in [-0.25, -0.2) is 0 Å². The SMILES string of the molecule is C[C@H](Sc1nnc(CN2CCCCCC2=O)n1-c1cccnc1)C(=O)Nc1ccc2c(c1)OCO2. The Balaban J connectivity index is 1.35. The Morgan fingerprint density at radius 2 is 2.06 bits per heavy atom. The Kier molecular flexibility index (Phi) is 6.84. The zero-order valence-corrected chi connectivity index (χ0v) is 20.2. The molecule has 0 bridgehead atoms. The second kappa shape index (κ2) is 10.3. The van der Waals surface area contributed by atoms with E-state index in [1.54, 1.807) is 30.6 Å². The second-order valence-electron chi connectivity index (χ2n) is 8.39. The highest BCUT2D eigenvalue weighted by atomic mass is 32.2. The minimum Gasteiger partial charge on any atom is -0.454 e. The highest BCUT2D eigenvalue weighted by Gasteiger charge is 2.25. The minimum atomic E-state index is -0.465. The maximum atomic E-state index is 12.9. The van der Waals surface area contributed by atoms with Crippen LogP contribution in [0, 0.1) is 0 Å². The normalized spacial score (nSPS) is 16.1. The molecule has 0 radical (unpaired) electrons. The Bertz CT molecular complexity index is 1220. The van der Waals surface area contributed by atoms with Gasteiger partial charge in [-0.1, -0.05) is 18.2 Å². The quantitative estimate of drug-likeness (QED) is 0.498. The van der Waals surface area contributed by atoms with Gasteiger partial charge in [-0.15, -0.1) is 10.2 Å². The van der Waals surface area contributed by atoms with E-state index >= 15 is 0 Å². The lowest BCUT2D eigenvalue weighted by Gasteiger charge is -2.20. The van der Waals surface area contributed by atoms with Crippen LogP contribution in [-0.2, 0) is 16.1 Å². The van der Waals surface area contributed by atoms with Crippen molar-refractivity contribution in [1.82, 2.24) is 24.6 Å². The molecule has 11 heteroatoms. The third-order valence-corrected chi connectivity index (χ3v) is 6.94. The van der Waals surface area contributed by atoms with Crippen molar-refractivity contribution in [3.05, 3.63) is 48.5 Å². The van der Waals surface area contributed by atoms with Crippen molar-refractivity contribution in [1.29, 1.82) is 0 Å². The first-order valence-electron chi connectivity index (χ1n) is 11.6.